The van der Waals surface area contributed by atoms with Crippen LogP contribution in [0.1, 0.15) is 49.8 Å². The molecule has 0 nitrogen and oxygen atoms in total. The van der Waals surface area contributed by atoms with Gasteiger partial charge in [-0.2, -0.15) is 0 Å². The van der Waals surface area contributed by atoms with Crippen LogP contribution in [0.4, 0.5) is 4.39 Å². The lowest BCUT2D eigenvalue weighted by molar-refractivity contribution is 0.495. The fraction of sp³-hybridized carbons (Fsp3) is 0.500. The maximum atomic E-state index is 13.7. The van der Waals surface area contributed by atoms with E-state index in [9.17, 15) is 4.39 Å². The summed E-state index contributed by atoms with van der Waals surface area (Å²) in [4.78, 5) is 0. The molecule has 0 bridgehead atoms. The SMILES string of the molecule is C=CCC(c1cc(F)c(C)cc1CC)C(C)C. The fourth-order valence-corrected chi connectivity index (χ4v) is 2.35. The highest BCUT2D eigenvalue weighted by Crippen LogP contribution is 2.32. The van der Waals surface area contributed by atoms with Crippen LogP contribution in [-0.4, -0.2) is 0 Å². The highest BCUT2D eigenvalue weighted by molar-refractivity contribution is 5.36. The Bertz CT molecular complexity index is 391. The third-order valence-corrected chi connectivity index (χ3v) is 3.43. The predicted molar refractivity (Wildman–Crippen MR) is 72.9 cm³/mol. The number of hydrogen-bond donors (Lipinski definition) is 0. The molecule has 1 aromatic rings. The molecule has 1 atom stereocenters. The molecule has 0 aromatic heterocycles. The number of rotatable bonds is 5. The molecule has 0 aliphatic heterocycles. The van der Waals surface area contributed by atoms with Gasteiger partial charge in [0.15, 0.2) is 0 Å². The average Bonchev–Trinajstić information content (AvgIpc) is 2.29. The first-order chi connectivity index (χ1) is 8.01. The molecule has 0 aliphatic carbocycles. The van der Waals surface area contributed by atoms with Crippen LogP contribution in [0, 0.1) is 18.7 Å². The Balaban J connectivity index is 3.25. The summed E-state index contributed by atoms with van der Waals surface area (Å²) >= 11 is 0. The summed E-state index contributed by atoms with van der Waals surface area (Å²) in [5.41, 5.74) is 3.17. The first kappa shape index (κ1) is 14.0. The molecule has 0 fully saturated rings. The van der Waals surface area contributed by atoms with E-state index in [1.807, 2.05) is 19.1 Å². The molecule has 0 spiro atoms. The molecule has 1 unspecified atom stereocenters. The summed E-state index contributed by atoms with van der Waals surface area (Å²) in [6.45, 7) is 12.1. The van der Waals surface area contributed by atoms with Crippen molar-refractivity contribution in [1.82, 2.24) is 0 Å². The molecule has 1 heteroatoms. The molecule has 0 N–H and O–H groups in total. The van der Waals surface area contributed by atoms with Crippen molar-refractivity contribution in [3.05, 3.63) is 47.3 Å². The minimum atomic E-state index is -0.0908. The first-order valence-electron chi connectivity index (χ1n) is 6.41. The van der Waals surface area contributed by atoms with Crippen LogP contribution >= 0.6 is 0 Å². The fourth-order valence-electron chi connectivity index (χ4n) is 2.35. The zero-order valence-corrected chi connectivity index (χ0v) is 11.4. The lowest BCUT2D eigenvalue weighted by atomic mass is 9.82. The number of benzene rings is 1. The van der Waals surface area contributed by atoms with Gasteiger partial charge in [-0.1, -0.05) is 32.9 Å². The second-order valence-corrected chi connectivity index (χ2v) is 5.03. The van der Waals surface area contributed by atoms with Crippen molar-refractivity contribution >= 4 is 0 Å². The molecule has 94 valence electrons. The van der Waals surface area contributed by atoms with Gasteiger partial charge in [-0.15, -0.1) is 6.58 Å². The van der Waals surface area contributed by atoms with Crippen molar-refractivity contribution in [2.24, 2.45) is 5.92 Å². The van der Waals surface area contributed by atoms with Crippen LogP contribution in [-0.2, 0) is 6.42 Å². The summed E-state index contributed by atoms with van der Waals surface area (Å²) in [6, 6.07) is 3.71. The third-order valence-electron chi connectivity index (χ3n) is 3.43. The van der Waals surface area contributed by atoms with Crippen molar-refractivity contribution in [2.45, 2.75) is 46.5 Å². The van der Waals surface area contributed by atoms with Crippen molar-refractivity contribution in [2.75, 3.05) is 0 Å². The van der Waals surface area contributed by atoms with Gasteiger partial charge in [0.2, 0.25) is 0 Å². The van der Waals surface area contributed by atoms with Crippen LogP contribution in [0.25, 0.3) is 0 Å². The predicted octanol–water partition coefficient (Wildman–Crippen LogP) is 5.01. The van der Waals surface area contributed by atoms with E-state index >= 15 is 0 Å². The first-order valence-corrected chi connectivity index (χ1v) is 6.41. The van der Waals surface area contributed by atoms with Crippen LogP contribution < -0.4 is 0 Å². The molecule has 0 aliphatic rings. The van der Waals surface area contributed by atoms with Crippen molar-refractivity contribution < 1.29 is 4.39 Å². The van der Waals surface area contributed by atoms with Gasteiger partial charge in [-0.25, -0.2) is 4.39 Å². The molecular weight excluding hydrogens is 211 g/mol. The average molecular weight is 234 g/mol. The molecule has 1 rings (SSSR count). The second-order valence-electron chi connectivity index (χ2n) is 5.03. The summed E-state index contributed by atoms with van der Waals surface area (Å²) in [5.74, 6) is 0.782. The Morgan fingerprint density at radius 1 is 1.35 bits per heavy atom. The van der Waals surface area contributed by atoms with E-state index < -0.39 is 0 Å². The summed E-state index contributed by atoms with van der Waals surface area (Å²) in [5, 5.41) is 0. The zero-order valence-electron chi connectivity index (χ0n) is 11.4. The van der Waals surface area contributed by atoms with Crippen molar-refractivity contribution in [1.29, 1.82) is 0 Å². The van der Waals surface area contributed by atoms with E-state index in [2.05, 4.69) is 27.4 Å². The van der Waals surface area contributed by atoms with E-state index in [-0.39, 0.29) is 5.82 Å². The maximum absolute atomic E-state index is 13.7. The van der Waals surface area contributed by atoms with Crippen molar-refractivity contribution in [3.63, 3.8) is 0 Å². The Morgan fingerprint density at radius 2 is 2.00 bits per heavy atom. The summed E-state index contributed by atoms with van der Waals surface area (Å²) < 4.78 is 13.7. The lowest BCUT2D eigenvalue weighted by Crippen LogP contribution is -2.10. The molecule has 0 radical (unpaired) electrons. The lowest BCUT2D eigenvalue weighted by Gasteiger charge is -2.23. The molecular formula is C16H23F. The Kier molecular flexibility index (Phi) is 4.92. The monoisotopic (exact) mass is 234 g/mol. The summed E-state index contributed by atoms with van der Waals surface area (Å²) in [6.07, 6.45) is 3.80. The number of aryl methyl sites for hydroxylation is 2. The molecule has 1 aromatic carbocycles. The van der Waals surface area contributed by atoms with E-state index in [1.54, 1.807) is 6.07 Å². The van der Waals surface area contributed by atoms with Gasteiger partial charge in [0.1, 0.15) is 5.82 Å². The van der Waals surface area contributed by atoms with E-state index in [0.717, 1.165) is 24.0 Å². The van der Waals surface area contributed by atoms with E-state index in [0.29, 0.717) is 11.8 Å². The molecule has 17 heavy (non-hydrogen) atoms. The molecule has 0 saturated heterocycles. The Labute approximate surface area is 105 Å². The van der Waals surface area contributed by atoms with Crippen LogP contribution in [0.15, 0.2) is 24.8 Å². The largest absolute Gasteiger partial charge is 0.207 e. The second kappa shape index (κ2) is 6.00. The minimum absolute atomic E-state index is 0.0908. The highest BCUT2D eigenvalue weighted by atomic mass is 19.1. The maximum Gasteiger partial charge on any atom is 0.126 e. The topological polar surface area (TPSA) is 0 Å². The highest BCUT2D eigenvalue weighted by Gasteiger charge is 2.18. The van der Waals surface area contributed by atoms with Gasteiger partial charge in [-0.3, -0.25) is 0 Å². The van der Waals surface area contributed by atoms with Crippen LogP contribution in [0.2, 0.25) is 0 Å². The molecule has 0 amide bonds. The van der Waals surface area contributed by atoms with Crippen LogP contribution in [0.5, 0.6) is 0 Å². The van der Waals surface area contributed by atoms with E-state index in [1.165, 1.54) is 5.56 Å². The van der Waals surface area contributed by atoms with Gasteiger partial charge in [-0.05, 0) is 54.4 Å². The van der Waals surface area contributed by atoms with Gasteiger partial charge < -0.3 is 0 Å². The standard InChI is InChI=1S/C16H23F/c1-6-8-14(11(3)4)15-10-16(17)12(5)9-13(15)7-2/h6,9-11,14H,1,7-8H2,2-5H3. The van der Waals surface area contributed by atoms with Gasteiger partial charge >= 0.3 is 0 Å². The van der Waals surface area contributed by atoms with E-state index in [4.69, 9.17) is 0 Å². The Morgan fingerprint density at radius 3 is 2.47 bits per heavy atom. The number of hydrogen-bond acceptors (Lipinski definition) is 0. The van der Waals surface area contributed by atoms with Gasteiger partial charge in [0.05, 0.1) is 0 Å². The number of halogens is 1. The molecule has 0 heterocycles. The summed E-state index contributed by atoms with van der Waals surface area (Å²) in [7, 11) is 0. The quantitative estimate of drug-likeness (QED) is 0.628. The van der Waals surface area contributed by atoms with Crippen LogP contribution in [0.3, 0.4) is 0 Å². The van der Waals surface area contributed by atoms with Gasteiger partial charge in [0.25, 0.3) is 0 Å². The molecule has 0 saturated carbocycles. The minimum Gasteiger partial charge on any atom is -0.207 e. The van der Waals surface area contributed by atoms with Gasteiger partial charge in [0, 0.05) is 0 Å². The van der Waals surface area contributed by atoms with Crippen molar-refractivity contribution in [3.8, 4) is 0 Å². The number of allylic oxidation sites excluding steroid dienone is 1. The smallest absolute Gasteiger partial charge is 0.126 e. The third kappa shape index (κ3) is 3.18. The normalized spacial score (nSPS) is 12.8. The zero-order chi connectivity index (χ0) is 13.0. The Hall–Kier alpha value is -1.11.